The van der Waals surface area contributed by atoms with Gasteiger partial charge in [-0.25, -0.2) is 0 Å². The van der Waals surface area contributed by atoms with Crippen molar-refractivity contribution >= 4 is 11.9 Å². The van der Waals surface area contributed by atoms with E-state index in [2.05, 4.69) is 20.8 Å². The van der Waals surface area contributed by atoms with Gasteiger partial charge in [0.15, 0.2) is 0 Å². The summed E-state index contributed by atoms with van der Waals surface area (Å²) in [7, 11) is 0. The lowest BCUT2D eigenvalue weighted by Crippen LogP contribution is -2.25. The van der Waals surface area contributed by atoms with Gasteiger partial charge in [-0.05, 0) is 44.4 Å². The molecule has 3 atom stereocenters. The fraction of sp³-hybridized carbons (Fsp3) is 0.667. The minimum atomic E-state index is -1.04. The highest BCUT2D eigenvalue weighted by Gasteiger charge is 2.12. The number of carbonyl (C=O) groups excluding carboxylic acids is 2. The van der Waals surface area contributed by atoms with Crippen LogP contribution in [0.15, 0.2) is 72.9 Å². The molecule has 3 N–H and O–H groups in total. The molecule has 7 nitrogen and oxygen atoms in total. The first-order valence-corrected chi connectivity index (χ1v) is 19.1. The van der Waals surface area contributed by atoms with Crippen molar-refractivity contribution < 1.29 is 34.4 Å². The van der Waals surface area contributed by atoms with Crippen LogP contribution in [0.4, 0.5) is 0 Å². The van der Waals surface area contributed by atoms with Gasteiger partial charge in [0.2, 0.25) is 0 Å². The zero-order valence-electron chi connectivity index (χ0n) is 31.1. The summed E-state index contributed by atoms with van der Waals surface area (Å²) >= 11 is 0. The predicted molar refractivity (Wildman–Crippen MR) is 203 cm³/mol. The number of unbranched alkanes of at least 4 members (excludes halogenated alkanes) is 11. The average molecular weight is 687 g/mol. The molecule has 0 aromatic heterocycles. The third-order valence-corrected chi connectivity index (χ3v) is 7.81. The van der Waals surface area contributed by atoms with Gasteiger partial charge in [-0.1, -0.05) is 164 Å². The molecule has 0 aliphatic heterocycles. The summed E-state index contributed by atoms with van der Waals surface area (Å²) in [6.45, 7) is 6.26. The highest BCUT2D eigenvalue weighted by molar-refractivity contribution is 5.69. The summed E-state index contributed by atoms with van der Waals surface area (Å²) in [6.07, 6.45) is 38.9. The number of hydrogen-bond donors (Lipinski definition) is 3. The fourth-order valence-electron chi connectivity index (χ4n) is 4.89. The van der Waals surface area contributed by atoms with E-state index < -0.39 is 24.3 Å². The van der Waals surface area contributed by atoms with Gasteiger partial charge in [0, 0.05) is 12.8 Å². The summed E-state index contributed by atoms with van der Waals surface area (Å²) in [6, 6.07) is 0. The molecule has 7 heteroatoms. The molecule has 0 aliphatic rings. The Bertz CT molecular complexity index is 960. The topological polar surface area (TPSA) is 113 Å². The van der Waals surface area contributed by atoms with Crippen molar-refractivity contribution in [1.82, 2.24) is 0 Å². The summed E-state index contributed by atoms with van der Waals surface area (Å²) in [4.78, 5) is 23.9. The molecule has 0 bridgehead atoms. The Hall–Kier alpha value is -2.74. The first-order valence-electron chi connectivity index (χ1n) is 19.1. The van der Waals surface area contributed by atoms with Crippen molar-refractivity contribution in [2.24, 2.45) is 5.92 Å². The standard InChI is InChI=1S/C42H70O7/c1-4-5-21-29-38(43)30-23-17-13-11-14-18-24-31-39(44)32-25-20-27-34-42(47)49-36-40(45)35-48-41(46)33-26-19-15-10-8-6-7-9-12-16-22-28-37(2)3/h5,13-14,17-18,21,23-25,30-32,37-40,43-45H,4,6-12,15-16,19-20,22,26-29,33-36H2,1-3H3/b17-13-,18-14-,21-5-,30-23+,31-24+,32-25-/t38-,39-,40+/m1/s1. The normalized spacial score (nSPS) is 14.4. The van der Waals surface area contributed by atoms with E-state index in [0.29, 0.717) is 25.7 Å². The number of hydrogen-bond acceptors (Lipinski definition) is 7. The molecule has 0 rings (SSSR count). The molecule has 0 saturated carbocycles. The van der Waals surface area contributed by atoms with Crippen LogP contribution in [0.25, 0.3) is 0 Å². The van der Waals surface area contributed by atoms with Gasteiger partial charge in [0.25, 0.3) is 0 Å². The van der Waals surface area contributed by atoms with Crippen LogP contribution >= 0.6 is 0 Å². The molecule has 0 radical (unpaired) electrons. The number of allylic oxidation sites excluding steroid dienone is 8. The van der Waals surface area contributed by atoms with Crippen molar-refractivity contribution in [3.05, 3.63) is 72.9 Å². The van der Waals surface area contributed by atoms with Crippen LogP contribution in [-0.4, -0.2) is 58.8 Å². The Morgan fingerprint density at radius 2 is 1.12 bits per heavy atom. The third-order valence-electron chi connectivity index (χ3n) is 7.81. The largest absolute Gasteiger partial charge is 0.463 e. The van der Waals surface area contributed by atoms with E-state index in [1.54, 1.807) is 24.3 Å². The highest BCUT2D eigenvalue weighted by atomic mass is 16.6. The number of ether oxygens (including phenoxy) is 2. The first kappa shape index (κ1) is 46.3. The lowest BCUT2D eigenvalue weighted by molar-refractivity contribution is -0.152. The van der Waals surface area contributed by atoms with E-state index in [-0.39, 0.29) is 25.6 Å². The second kappa shape index (κ2) is 35.1. The Morgan fingerprint density at radius 3 is 1.69 bits per heavy atom. The molecular weight excluding hydrogens is 616 g/mol. The van der Waals surface area contributed by atoms with E-state index in [9.17, 15) is 24.9 Å². The van der Waals surface area contributed by atoms with Crippen molar-refractivity contribution in [2.75, 3.05) is 13.2 Å². The van der Waals surface area contributed by atoms with Gasteiger partial charge in [-0.2, -0.15) is 0 Å². The molecular formula is C42H70O7. The molecule has 280 valence electrons. The minimum Gasteiger partial charge on any atom is -0.463 e. The monoisotopic (exact) mass is 687 g/mol. The number of rotatable bonds is 32. The first-order chi connectivity index (χ1) is 23.7. The molecule has 0 heterocycles. The van der Waals surface area contributed by atoms with Crippen LogP contribution in [0.5, 0.6) is 0 Å². The number of aliphatic hydroxyl groups is 3. The van der Waals surface area contributed by atoms with Crippen molar-refractivity contribution in [3.63, 3.8) is 0 Å². The van der Waals surface area contributed by atoms with Crippen LogP contribution in [-0.2, 0) is 19.1 Å². The van der Waals surface area contributed by atoms with Crippen molar-refractivity contribution in [1.29, 1.82) is 0 Å². The Balaban J connectivity index is 3.74. The third kappa shape index (κ3) is 36.4. The number of esters is 2. The van der Waals surface area contributed by atoms with Crippen molar-refractivity contribution in [2.45, 2.75) is 161 Å². The maximum Gasteiger partial charge on any atom is 0.305 e. The predicted octanol–water partition coefficient (Wildman–Crippen LogP) is 9.58. The van der Waals surface area contributed by atoms with E-state index in [4.69, 9.17) is 9.47 Å². The zero-order chi connectivity index (χ0) is 36.2. The van der Waals surface area contributed by atoms with Gasteiger partial charge >= 0.3 is 11.9 Å². The van der Waals surface area contributed by atoms with Crippen LogP contribution in [0, 0.1) is 5.92 Å². The van der Waals surface area contributed by atoms with E-state index >= 15 is 0 Å². The minimum absolute atomic E-state index is 0.177. The quantitative estimate of drug-likeness (QED) is 0.0280. The van der Waals surface area contributed by atoms with Gasteiger partial charge in [-0.3, -0.25) is 9.59 Å². The molecule has 0 amide bonds. The summed E-state index contributed by atoms with van der Waals surface area (Å²) in [5, 5.41) is 29.8. The zero-order valence-corrected chi connectivity index (χ0v) is 31.1. The van der Waals surface area contributed by atoms with Crippen LogP contribution < -0.4 is 0 Å². The lowest BCUT2D eigenvalue weighted by Gasteiger charge is -2.12. The van der Waals surface area contributed by atoms with E-state index in [1.165, 1.54) is 57.8 Å². The SMILES string of the molecule is CC/C=C\C[C@@H](O)/C=C/C=C\C/C=C\C=C\[C@@H](O)/C=C\CCCC(=O)OC[C@@H](O)COC(=O)CCCCCCCCCCCCCC(C)C. The van der Waals surface area contributed by atoms with E-state index in [0.717, 1.165) is 38.0 Å². The molecule has 0 aromatic carbocycles. The smallest absolute Gasteiger partial charge is 0.305 e. The maximum atomic E-state index is 12.0. The molecule has 0 spiro atoms. The van der Waals surface area contributed by atoms with Gasteiger partial charge in [0.05, 0.1) is 12.2 Å². The van der Waals surface area contributed by atoms with Crippen LogP contribution in [0.3, 0.4) is 0 Å². The Kier molecular flexibility index (Phi) is 33.1. The maximum absolute atomic E-state index is 12.0. The van der Waals surface area contributed by atoms with Crippen LogP contribution in [0.2, 0.25) is 0 Å². The Morgan fingerprint density at radius 1 is 0.592 bits per heavy atom. The highest BCUT2D eigenvalue weighted by Crippen LogP contribution is 2.14. The van der Waals surface area contributed by atoms with Crippen LogP contribution in [0.1, 0.15) is 143 Å². The Labute approximate surface area is 298 Å². The molecule has 0 aromatic rings. The summed E-state index contributed by atoms with van der Waals surface area (Å²) in [5.74, 6) is 0.0737. The molecule has 0 saturated heterocycles. The van der Waals surface area contributed by atoms with E-state index in [1.807, 2.05) is 48.6 Å². The summed E-state index contributed by atoms with van der Waals surface area (Å²) < 4.78 is 10.2. The molecule has 0 unspecified atom stereocenters. The number of carbonyl (C=O) groups is 2. The molecule has 49 heavy (non-hydrogen) atoms. The van der Waals surface area contributed by atoms with Gasteiger partial charge in [0.1, 0.15) is 19.3 Å². The van der Waals surface area contributed by atoms with Gasteiger partial charge < -0.3 is 24.8 Å². The number of aliphatic hydroxyl groups excluding tert-OH is 3. The second-order valence-corrected chi connectivity index (χ2v) is 13.2. The van der Waals surface area contributed by atoms with Crippen molar-refractivity contribution in [3.8, 4) is 0 Å². The van der Waals surface area contributed by atoms with Gasteiger partial charge in [-0.15, -0.1) is 0 Å². The molecule has 0 aliphatic carbocycles. The second-order valence-electron chi connectivity index (χ2n) is 13.2. The fourth-order valence-corrected chi connectivity index (χ4v) is 4.89. The molecule has 0 fully saturated rings. The lowest BCUT2D eigenvalue weighted by atomic mass is 10.0. The average Bonchev–Trinajstić information content (AvgIpc) is 3.07. The summed E-state index contributed by atoms with van der Waals surface area (Å²) in [5.41, 5.74) is 0.